The molecule has 0 aliphatic rings. The maximum absolute atomic E-state index is 9.04. The van der Waals surface area contributed by atoms with Crippen molar-refractivity contribution in [2.75, 3.05) is 25.1 Å². The summed E-state index contributed by atoms with van der Waals surface area (Å²) in [5, 5.41) is 12.2. The lowest BCUT2D eigenvalue weighted by Gasteiger charge is -2.09. The van der Waals surface area contributed by atoms with E-state index in [1.54, 1.807) is 6.20 Å². The van der Waals surface area contributed by atoms with Crippen LogP contribution in [-0.2, 0) is 4.74 Å². The molecule has 0 unspecified atom stereocenters. The number of anilines is 1. The number of hydrogen-bond acceptors (Lipinski definition) is 4. The molecule has 0 bridgehead atoms. The lowest BCUT2D eigenvalue weighted by molar-refractivity contribution is 0.132. The van der Waals surface area contributed by atoms with E-state index in [1.807, 2.05) is 13.0 Å². The third-order valence-electron chi connectivity index (χ3n) is 2.65. The molecule has 4 heteroatoms. The van der Waals surface area contributed by atoms with Gasteiger partial charge in [0.15, 0.2) is 0 Å². The molecule has 0 saturated heterocycles. The topological polar surface area (TPSA) is 57.9 Å². The normalized spacial score (nSPS) is 10.4. The minimum atomic E-state index is 0.611. The minimum Gasteiger partial charge on any atom is -0.380 e. The summed E-state index contributed by atoms with van der Waals surface area (Å²) in [6, 6.07) is 4.00. The van der Waals surface area contributed by atoms with E-state index in [0.29, 0.717) is 30.5 Å². The van der Waals surface area contributed by atoms with Crippen molar-refractivity contribution in [2.24, 2.45) is 5.92 Å². The van der Waals surface area contributed by atoms with Crippen LogP contribution in [0.4, 0.5) is 5.82 Å². The standard InChI is InChI=1S/C14H21N3O/c1-11(2)5-8-18-9-7-17-14-13(10-15)12(3)4-6-16-14/h4,6,11H,5,7-9H2,1-3H3,(H,16,17). The fourth-order valence-corrected chi connectivity index (χ4v) is 1.50. The molecular weight excluding hydrogens is 226 g/mol. The van der Waals surface area contributed by atoms with Gasteiger partial charge in [0.1, 0.15) is 11.9 Å². The van der Waals surface area contributed by atoms with Crippen LogP contribution in [0.25, 0.3) is 0 Å². The Balaban J connectivity index is 2.32. The number of nitrogens with one attached hydrogen (secondary N) is 1. The molecule has 0 amide bonds. The molecule has 98 valence electrons. The van der Waals surface area contributed by atoms with Gasteiger partial charge in [-0.1, -0.05) is 13.8 Å². The fraction of sp³-hybridized carbons (Fsp3) is 0.571. The monoisotopic (exact) mass is 247 g/mol. The van der Waals surface area contributed by atoms with Crippen molar-refractivity contribution >= 4 is 5.82 Å². The van der Waals surface area contributed by atoms with Crippen LogP contribution >= 0.6 is 0 Å². The zero-order valence-corrected chi connectivity index (χ0v) is 11.4. The summed E-state index contributed by atoms with van der Waals surface area (Å²) in [4.78, 5) is 4.17. The van der Waals surface area contributed by atoms with E-state index in [2.05, 4.69) is 30.2 Å². The van der Waals surface area contributed by atoms with Gasteiger partial charge in [0.05, 0.1) is 12.2 Å². The smallest absolute Gasteiger partial charge is 0.144 e. The van der Waals surface area contributed by atoms with Gasteiger partial charge in [0.2, 0.25) is 0 Å². The van der Waals surface area contributed by atoms with Crippen molar-refractivity contribution in [3.8, 4) is 6.07 Å². The molecule has 1 N–H and O–H groups in total. The predicted molar refractivity (Wildman–Crippen MR) is 72.5 cm³/mol. The maximum Gasteiger partial charge on any atom is 0.144 e. The number of hydrogen-bond donors (Lipinski definition) is 1. The quantitative estimate of drug-likeness (QED) is 0.753. The van der Waals surface area contributed by atoms with Crippen molar-refractivity contribution in [3.63, 3.8) is 0 Å². The summed E-state index contributed by atoms with van der Waals surface area (Å²) in [6.07, 6.45) is 2.78. The van der Waals surface area contributed by atoms with E-state index in [-0.39, 0.29) is 0 Å². The molecule has 1 aromatic heterocycles. The van der Waals surface area contributed by atoms with Gasteiger partial charge in [0.25, 0.3) is 0 Å². The van der Waals surface area contributed by atoms with Gasteiger partial charge in [-0.25, -0.2) is 4.98 Å². The Morgan fingerprint density at radius 2 is 2.22 bits per heavy atom. The van der Waals surface area contributed by atoms with Crippen molar-refractivity contribution in [1.29, 1.82) is 5.26 Å². The van der Waals surface area contributed by atoms with Crippen LogP contribution in [0.1, 0.15) is 31.4 Å². The van der Waals surface area contributed by atoms with Crippen molar-refractivity contribution in [1.82, 2.24) is 4.98 Å². The summed E-state index contributed by atoms with van der Waals surface area (Å²) in [5.74, 6) is 1.31. The first-order valence-corrected chi connectivity index (χ1v) is 6.32. The van der Waals surface area contributed by atoms with Crippen LogP contribution < -0.4 is 5.32 Å². The SMILES string of the molecule is Cc1ccnc(NCCOCCC(C)C)c1C#N. The van der Waals surface area contributed by atoms with Crippen LogP contribution in [-0.4, -0.2) is 24.7 Å². The highest BCUT2D eigenvalue weighted by molar-refractivity contribution is 5.55. The van der Waals surface area contributed by atoms with Gasteiger partial charge in [0, 0.05) is 19.3 Å². The number of ether oxygens (including phenoxy) is 1. The van der Waals surface area contributed by atoms with Crippen molar-refractivity contribution in [2.45, 2.75) is 27.2 Å². The Morgan fingerprint density at radius 1 is 1.44 bits per heavy atom. The van der Waals surface area contributed by atoms with E-state index in [4.69, 9.17) is 10.00 Å². The first-order chi connectivity index (χ1) is 8.65. The van der Waals surface area contributed by atoms with Gasteiger partial charge in [-0.15, -0.1) is 0 Å². The molecule has 0 saturated carbocycles. The highest BCUT2D eigenvalue weighted by Crippen LogP contribution is 2.14. The Hall–Kier alpha value is -1.60. The summed E-state index contributed by atoms with van der Waals surface area (Å²) in [5.41, 5.74) is 1.55. The average Bonchev–Trinajstić information content (AvgIpc) is 2.33. The van der Waals surface area contributed by atoms with Gasteiger partial charge in [-0.3, -0.25) is 0 Å². The molecule has 0 fully saturated rings. The van der Waals surface area contributed by atoms with E-state index in [1.165, 1.54) is 0 Å². The van der Waals surface area contributed by atoms with Crippen LogP contribution in [0.5, 0.6) is 0 Å². The number of nitriles is 1. The first kappa shape index (κ1) is 14.5. The summed E-state index contributed by atoms with van der Waals surface area (Å²) in [7, 11) is 0. The van der Waals surface area contributed by atoms with Crippen LogP contribution in [0, 0.1) is 24.2 Å². The van der Waals surface area contributed by atoms with Gasteiger partial charge < -0.3 is 10.1 Å². The molecule has 0 radical (unpaired) electrons. The molecule has 1 rings (SSSR count). The molecule has 1 heterocycles. The third-order valence-corrected chi connectivity index (χ3v) is 2.65. The van der Waals surface area contributed by atoms with E-state index >= 15 is 0 Å². The second-order valence-electron chi connectivity index (χ2n) is 4.68. The highest BCUT2D eigenvalue weighted by Gasteiger charge is 2.05. The van der Waals surface area contributed by atoms with E-state index in [9.17, 15) is 0 Å². The van der Waals surface area contributed by atoms with Crippen molar-refractivity contribution < 1.29 is 4.74 Å². The second-order valence-corrected chi connectivity index (χ2v) is 4.68. The Kier molecular flexibility index (Phi) is 6.16. The number of rotatable bonds is 7. The van der Waals surface area contributed by atoms with E-state index < -0.39 is 0 Å². The molecule has 18 heavy (non-hydrogen) atoms. The summed E-state index contributed by atoms with van der Waals surface area (Å²) < 4.78 is 5.50. The second kappa shape index (κ2) is 7.67. The van der Waals surface area contributed by atoms with E-state index in [0.717, 1.165) is 18.6 Å². The lowest BCUT2D eigenvalue weighted by Crippen LogP contribution is -2.12. The largest absolute Gasteiger partial charge is 0.380 e. The Bertz CT molecular complexity index is 410. The number of aryl methyl sites for hydroxylation is 1. The average molecular weight is 247 g/mol. The fourth-order valence-electron chi connectivity index (χ4n) is 1.50. The van der Waals surface area contributed by atoms with Crippen molar-refractivity contribution in [3.05, 3.63) is 23.4 Å². The Morgan fingerprint density at radius 3 is 2.89 bits per heavy atom. The highest BCUT2D eigenvalue weighted by atomic mass is 16.5. The Labute approximate surface area is 109 Å². The summed E-state index contributed by atoms with van der Waals surface area (Å²) >= 11 is 0. The molecule has 0 aromatic carbocycles. The molecule has 0 atom stereocenters. The van der Waals surface area contributed by atoms with Crippen LogP contribution in [0.2, 0.25) is 0 Å². The molecule has 0 aliphatic carbocycles. The molecule has 0 spiro atoms. The van der Waals surface area contributed by atoms with Crippen LogP contribution in [0.3, 0.4) is 0 Å². The molecular formula is C14H21N3O. The maximum atomic E-state index is 9.04. The number of nitrogens with zero attached hydrogens (tertiary/aromatic N) is 2. The first-order valence-electron chi connectivity index (χ1n) is 6.32. The zero-order chi connectivity index (χ0) is 13.4. The molecule has 4 nitrogen and oxygen atoms in total. The lowest BCUT2D eigenvalue weighted by atomic mass is 10.1. The van der Waals surface area contributed by atoms with Gasteiger partial charge >= 0.3 is 0 Å². The summed E-state index contributed by atoms with van der Waals surface area (Å²) in [6.45, 7) is 8.35. The van der Waals surface area contributed by atoms with Crippen LogP contribution in [0.15, 0.2) is 12.3 Å². The molecule has 0 aliphatic heterocycles. The molecule has 1 aromatic rings. The third kappa shape index (κ3) is 4.72. The zero-order valence-electron chi connectivity index (χ0n) is 11.4. The van der Waals surface area contributed by atoms with Gasteiger partial charge in [-0.2, -0.15) is 5.26 Å². The number of aromatic nitrogens is 1. The predicted octanol–water partition coefficient (Wildman–Crippen LogP) is 2.74. The number of pyridine rings is 1. The minimum absolute atomic E-state index is 0.611. The van der Waals surface area contributed by atoms with Gasteiger partial charge in [-0.05, 0) is 30.9 Å².